The Morgan fingerprint density at radius 1 is 1.56 bits per heavy atom. The first-order valence-electron chi connectivity index (χ1n) is 5.36. The summed E-state index contributed by atoms with van der Waals surface area (Å²) in [6.45, 7) is 3.84. The van der Waals surface area contributed by atoms with Gasteiger partial charge in [0.05, 0.1) is 12.1 Å². The smallest absolute Gasteiger partial charge is 0.237 e. The summed E-state index contributed by atoms with van der Waals surface area (Å²) in [6, 6.07) is 7.42. The minimum absolute atomic E-state index is 0.0254. The maximum atomic E-state index is 11.6. The largest absolute Gasteiger partial charge is 0.348 e. The van der Waals surface area contributed by atoms with Crippen molar-refractivity contribution >= 4 is 21.8 Å². The Balaban J connectivity index is 2.65. The Kier molecular flexibility index (Phi) is 4.96. The van der Waals surface area contributed by atoms with Crippen LogP contribution >= 0.6 is 15.9 Å². The number of benzene rings is 1. The molecule has 4 heteroatoms. The molecule has 88 valence electrons. The molecule has 0 aliphatic rings. The van der Waals surface area contributed by atoms with Crippen LogP contribution in [0.5, 0.6) is 0 Å². The monoisotopic (exact) mass is 284 g/mol. The molecule has 0 bridgehead atoms. The number of carbonyl (C=O) groups is 1. The number of amides is 1. The lowest BCUT2D eigenvalue weighted by Gasteiger charge is -2.17. The highest BCUT2D eigenvalue weighted by Gasteiger charge is 2.14. The summed E-state index contributed by atoms with van der Waals surface area (Å²) >= 11 is 3.40. The predicted octanol–water partition coefficient (Wildman–Crippen LogP) is 2.36. The van der Waals surface area contributed by atoms with Gasteiger partial charge in [-0.2, -0.15) is 0 Å². The van der Waals surface area contributed by atoms with Crippen LogP contribution in [-0.4, -0.2) is 11.9 Å². The second-order valence-corrected chi connectivity index (χ2v) is 4.72. The lowest BCUT2D eigenvalue weighted by atomic mass is 10.1. The SMILES string of the molecule is CCC(N)C(=O)N[C@H](C)c1cccc(Br)c1. The zero-order chi connectivity index (χ0) is 12.1. The van der Waals surface area contributed by atoms with Crippen molar-refractivity contribution in [3.8, 4) is 0 Å². The molecule has 0 aliphatic carbocycles. The van der Waals surface area contributed by atoms with Crippen LogP contribution in [0.4, 0.5) is 0 Å². The summed E-state index contributed by atoms with van der Waals surface area (Å²) < 4.78 is 1.01. The zero-order valence-electron chi connectivity index (χ0n) is 9.53. The molecule has 1 aromatic rings. The summed E-state index contributed by atoms with van der Waals surface area (Å²) in [4.78, 5) is 11.6. The van der Waals surface area contributed by atoms with E-state index in [2.05, 4.69) is 21.2 Å². The van der Waals surface area contributed by atoms with Gasteiger partial charge in [0.15, 0.2) is 0 Å². The van der Waals surface area contributed by atoms with Crippen LogP contribution in [0.3, 0.4) is 0 Å². The average Bonchev–Trinajstić information content (AvgIpc) is 2.27. The van der Waals surface area contributed by atoms with Gasteiger partial charge in [0.25, 0.3) is 0 Å². The summed E-state index contributed by atoms with van der Waals surface area (Å²) in [5.41, 5.74) is 6.71. The van der Waals surface area contributed by atoms with Gasteiger partial charge in [0.1, 0.15) is 0 Å². The van der Waals surface area contributed by atoms with Crippen LogP contribution in [-0.2, 0) is 4.79 Å². The van der Waals surface area contributed by atoms with Crippen LogP contribution in [0.15, 0.2) is 28.7 Å². The van der Waals surface area contributed by atoms with Gasteiger partial charge in [0, 0.05) is 4.47 Å². The number of rotatable bonds is 4. The third kappa shape index (κ3) is 3.61. The van der Waals surface area contributed by atoms with E-state index in [4.69, 9.17) is 5.73 Å². The van der Waals surface area contributed by atoms with Crippen molar-refractivity contribution in [1.29, 1.82) is 0 Å². The average molecular weight is 285 g/mol. The first kappa shape index (κ1) is 13.2. The fourth-order valence-electron chi connectivity index (χ4n) is 1.37. The number of nitrogens with one attached hydrogen (secondary N) is 1. The molecule has 0 spiro atoms. The summed E-state index contributed by atoms with van der Waals surface area (Å²) in [7, 11) is 0. The number of hydrogen-bond donors (Lipinski definition) is 2. The van der Waals surface area contributed by atoms with Gasteiger partial charge in [-0.25, -0.2) is 0 Å². The molecular weight excluding hydrogens is 268 g/mol. The summed E-state index contributed by atoms with van der Waals surface area (Å²) in [6.07, 6.45) is 0.650. The van der Waals surface area contributed by atoms with Gasteiger partial charge in [-0.15, -0.1) is 0 Å². The third-order valence-corrected chi connectivity index (χ3v) is 2.98. The van der Waals surface area contributed by atoms with Crippen molar-refractivity contribution in [3.63, 3.8) is 0 Å². The van der Waals surface area contributed by atoms with E-state index in [0.29, 0.717) is 6.42 Å². The van der Waals surface area contributed by atoms with E-state index in [1.54, 1.807) is 0 Å². The van der Waals surface area contributed by atoms with E-state index in [1.807, 2.05) is 38.1 Å². The normalized spacial score (nSPS) is 14.2. The van der Waals surface area contributed by atoms with E-state index in [9.17, 15) is 4.79 Å². The lowest BCUT2D eigenvalue weighted by Crippen LogP contribution is -2.41. The fraction of sp³-hybridized carbons (Fsp3) is 0.417. The summed E-state index contributed by atoms with van der Waals surface area (Å²) in [5, 5.41) is 2.89. The molecule has 1 unspecified atom stereocenters. The Bertz CT molecular complexity index is 368. The molecule has 0 aromatic heterocycles. The van der Waals surface area contributed by atoms with E-state index in [0.717, 1.165) is 10.0 Å². The second kappa shape index (κ2) is 6.01. The van der Waals surface area contributed by atoms with E-state index in [1.165, 1.54) is 0 Å². The van der Waals surface area contributed by atoms with Gasteiger partial charge in [-0.3, -0.25) is 4.79 Å². The highest BCUT2D eigenvalue weighted by molar-refractivity contribution is 9.10. The number of halogens is 1. The van der Waals surface area contributed by atoms with Crippen molar-refractivity contribution in [1.82, 2.24) is 5.32 Å². The lowest BCUT2D eigenvalue weighted by molar-refractivity contribution is -0.123. The minimum atomic E-state index is -0.422. The van der Waals surface area contributed by atoms with E-state index >= 15 is 0 Å². The third-order valence-electron chi connectivity index (χ3n) is 2.48. The molecule has 3 N–H and O–H groups in total. The van der Waals surface area contributed by atoms with Crippen molar-refractivity contribution in [2.45, 2.75) is 32.4 Å². The maximum absolute atomic E-state index is 11.6. The molecular formula is C12H17BrN2O. The van der Waals surface area contributed by atoms with Crippen LogP contribution < -0.4 is 11.1 Å². The quantitative estimate of drug-likeness (QED) is 0.892. The van der Waals surface area contributed by atoms with Gasteiger partial charge in [-0.05, 0) is 31.0 Å². The molecule has 0 fully saturated rings. The molecule has 16 heavy (non-hydrogen) atoms. The van der Waals surface area contributed by atoms with E-state index < -0.39 is 6.04 Å². The number of hydrogen-bond acceptors (Lipinski definition) is 2. The van der Waals surface area contributed by atoms with Crippen LogP contribution in [0, 0.1) is 0 Å². The molecule has 0 aliphatic heterocycles. The van der Waals surface area contributed by atoms with Gasteiger partial charge >= 0.3 is 0 Å². The highest BCUT2D eigenvalue weighted by atomic mass is 79.9. The maximum Gasteiger partial charge on any atom is 0.237 e. The standard InChI is InChI=1S/C12H17BrN2O/c1-3-11(14)12(16)15-8(2)9-5-4-6-10(13)7-9/h4-8,11H,3,14H2,1-2H3,(H,15,16)/t8-,11?/m1/s1. The molecule has 0 saturated carbocycles. The van der Waals surface area contributed by atoms with Crippen LogP contribution in [0.25, 0.3) is 0 Å². The molecule has 2 atom stereocenters. The second-order valence-electron chi connectivity index (χ2n) is 3.80. The summed E-state index contributed by atoms with van der Waals surface area (Å²) in [5.74, 6) is -0.102. The number of nitrogens with two attached hydrogens (primary N) is 1. The predicted molar refractivity (Wildman–Crippen MR) is 69.0 cm³/mol. The van der Waals surface area contributed by atoms with Gasteiger partial charge in [-0.1, -0.05) is 35.0 Å². The molecule has 0 radical (unpaired) electrons. The first-order valence-corrected chi connectivity index (χ1v) is 6.15. The van der Waals surface area contributed by atoms with Crippen molar-refractivity contribution < 1.29 is 4.79 Å². The molecule has 1 amide bonds. The van der Waals surface area contributed by atoms with Crippen molar-refractivity contribution in [2.24, 2.45) is 5.73 Å². The Morgan fingerprint density at radius 3 is 2.81 bits per heavy atom. The van der Waals surface area contributed by atoms with Crippen molar-refractivity contribution in [2.75, 3.05) is 0 Å². The molecule has 0 heterocycles. The molecule has 0 saturated heterocycles. The van der Waals surface area contributed by atoms with E-state index in [-0.39, 0.29) is 11.9 Å². The van der Waals surface area contributed by atoms with Gasteiger partial charge in [0.2, 0.25) is 5.91 Å². The topological polar surface area (TPSA) is 55.1 Å². The first-order chi connectivity index (χ1) is 7.54. The van der Waals surface area contributed by atoms with Crippen molar-refractivity contribution in [3.05, 3.63) is 34.3 Å². The minimum Gasteiger partial charge on any atom is -0.348 e. The zero-order valence-corrected chi connectivity index (χ0v) is 11.1. The molecule has 1 rings (SSSR count). The van der Waals surface area contributed by atoms with Crippen LogP contribution in [0.2, 0.25) is 0 Å². The number of carbonyl (C=O) groups excluding carboxylic acids is 1. The molecule has 1 aromatic carbocycles. The van der Waals surface area contributed by atoms with Gasteiger partial charge < -0.3 is 11.1 Å². The Hall–Kier alpha value is -0.870. The van der Waals surface area contributed by atoms with Crippen LogP contribution in [0.1, 0.15) is 31.9 Å². The fourth-order valence-corrected chi connectivity index (χ4v) is 1.78. The Morgan fingerprint density at radius 2 is 2.25 bits per heavy atom. The highest BCUT2D eigenvalue weighted by Crippen LogP contribution is 2.17. The molecule has 3 nitrogen and oxygen atoms in total. The Labute approximate surface area is 105 Å².